The highest BCUT2D eigenvalue weighted by Gasteiger charge is 2.50. The summed E-state index contributed by atoms with van der Waals surface area (Å²) in [5.41, 5.74) is 1.89. The van der Waals surface area contributed by atoms with E-state index >= 15 is 0 Å². The van der Waals surface area contributed by atoms with Gasteiger partial charge in [-0.05, 0) is 49.9 Å². The van der Waals surface area contributed by atoms with Crippen LogP contribution < -0.4 is 5.32 Å². The number of nitrogens with one attached hydrogen (secondary N) is 1. The monoisotopic (exact) mass is 299 g/mol. The minimum Gasteiger partial charge on any atom is -0.313 e. The number of rotatable bonds is 7. The SMILES string of the molecule is CCNC(Cc1ccc(CC)s1)C1(c2ccccc2)CC1. The van der Waals surface area contributed by atoms with Crippen LogP contribution in [-0.4, -0.2) is 12.6 Å². The van der Waals surface area contributed by atoms with Crippen LogP contribution in [0.15, 0.2) is 42.5 Å². The van der Waals surface area contributed by atoms with Crippen LogP contribution in [0.1, 0.15) is 42.0 Å². The average Bonchev–Trinajstić information content (AvgIpc) is 3.22. The van der Waals surface area contributed by atoms with E-state index in [0.29, 0.717) is 11.5 Å². The van der Waals surface area contributed by atoms with Crippen LogP contribution in [-0.2, 0) is 18.3 Å². The fourth-order valence-electron chi connectivity index (χ4n) is 3.38. The van der Waals surface area contributed by atoms with Crippen molar-refractivity contribution in [2.75, 3.05) is 6.54 Å². The average molecular weight is 299 g/mol. The fraction of sp³-hybridized carbons (Fsp3) is 0.474. The molecule has 1 aliphatic rings. The van der Waals surface area contributed by atoms with E-state index in [2.05, 4.69) is 61.6 Å². The maximum Gasteiger partial charge on any atom is 0.0212 e. The van der Waals surface area contributed by atoms with Gasteiger partial charge in [0, 0.05) is 21.2 Å². The molecule has 1 nitrogen and oxygen atoms in total. The van der Waals surface area contributed by atoms with Crippen LogP contribution in [0, 0.1) is 0 Å². The van der Waals surface area contributed by atoms with Gasteiger partial charge in [-0.2, -0.15) is 0 Å². The molecule has 1 atom stereocenters. The van der Waals surface area contributed by atoms with Gasteiger partial charge < -0.3 is 5.32 Å². The number of aryl methyl sites for hydroxylation is 1. The second kappa shape index (κ2) is 6.33. The van der Waals surface area contributed by atoms with Gasteiger partial charge in [0.2, 0.25) is 0 Å². The van der Waals surface area contributed by atoms with Crippen molar-refractivity contribution in [3.8, 4) is 0 Å². The topological polar surface area (TPSA) is 12.0 Å². The smallest absolute Gasteiger partial charge is 0.0212 e. The summed E-state index contributed by atoms with van der Waals surface area (Å²) in [6, 6.07) is 16.3. The van der Waals surface area contributed by atoms with Crippen molar-refractivity contribution < 1.29 is 0 Å². The lowest BCUT2D eigenvalue weighted by atomic mass is 9.85. The number of likely N-dealkylation sites (N-methyl/N-ethyl adjacent to an activating group) is 1. The minimum atomic E-state index is 0.369. The van der Waals surface area contributed by atoms with Crippen LogP contribution in [0.4, 0.5) is 0 Å². The Labute approximate surface area is 132 Å². The third-order valence-electron chi connectivity index (χ3n) is 4.73. The molecule has 2 aromatic rings. The molecular weight excluding hydrogens is 274 g/mol. The Morgan fingerprint density at radius 3 is 2.33 bits per heavy atom. The third kappa shape index (κ3) is 3.07. The van der Waals surface area contributed by atoms with Gasteiger partial charge in [0.05, 0.1) is 0 Å². The van der Waals surface area contributed by atoms with Gasteiger partial charge in [0.25, 0.3) is 0 Å². The lowest BCUT2D eigenvalue weighted by Crippen LogP contribution is -2.41. The Hall–Kier alpha value is -1.12. The van der Waals surface area contributed by atoms with Crippen molar-refractivity contribution in [3.63, 3.8) is 0 Å². The molecule has 3 rings (SSSR count). The quantitative estimate of drug-likeness (QED) is 0.790. The molecule has 2 heteroatoms. The van der Waals surface area contributed by atoms with E-state index in [0.717, 1.165) is 19.4 Å². The molecule has 0 radical (unpaired) electrons. The van der Waals surface area contributed by atoms with Gasteiger partial charge in [-0.3, -0.25) is 0 Å². The van der Waals surface area contributed by atoms with E-state index < -0.39 is 0 Å². The largest absolute Gasteiger partial charge is 0.313 e. The van der Waals surface area contributed by atoms with Gasteiger partial charge in [-0.15, -0.1) is 11.3 Å². The zero-order chi connectivity index (χ0) is 14.7. The van der Waals surface area contributed by atoms with Gasteiger partial charge in [-0.25, -0.2) is 0 Å². The summed E-state index contributed by atoms with van der Waals surface area (Å²) in [7, 11) is 0. The highest BCUT2D eigenvalue weighted by Crippen LogP contribution is 2.51. The van der Waals surface area contributed by atoms with Gasteiger partial charge in [0.15, 0.2) is 0 Å². The summed E-state index contributed by atoms with van der Waals surface area (Å²) in [6.45, 7) is 5.51. The van der Waals surface area contributed by atoms with Crippen molar-refractivity contribution in [2.45, 2.75) is 51.0 Å². The first-order chi connectivity index (χ1) is 10.3. The molecule has 0 aliphatic heterocycles. The molecule has 0 amide bonds. The summed E-state index contributed by atoms with van der Waals surface area (Å²) in [4.78, 5) is 3.03. The Balaban J connectivity index is 1.81. The number of benzene rings is 1. The summed E-state index contributed by atoms with van der Waals surface area (Å²) >= 11 is 1.99. The zero-order valence-corrected chi connectivity index (χ0v) is 13.9. The van der Waals surface area contributed by atoms with Crippen LogP contribution >= 0.6 is 11.3 Å². The molecule has 1 unspecified atom stereocenters. The molecule has 112 valence electrons. The number of hydrogen-bond acceptors (Lipinski definition) is 2. The van der Waals surface area contributed by atoms with Gasteiger partial charge in [0.1, 0.15) is 0 Å². The molecule has 0 bridgehead atoms. The van der Waals surface area contributed by atoms with E-state index in [1.54, 1.807) is 0 Å². The first-order valence-electron chi connectivity index (χ1n) is 8.15. The van der Waals surface area contributed by atoms with Gasteiger partial charge in [-0.1, -0.05) is 44.2 Å². The van der Waals surface area contributed by atoms with Crippen LogP contribution in [0.2, 0.25) is 0 Å². The molecule has 1 aromatic carbocycles. The molecular formula is C19H25NS. The first-order valence-corrected chi connectivity index (χ1v) is 8.96. The summed E-state index contributed by atoms with van der Waals surface area (Å²) < 4.78 is 0. The molecule has 1 aromatic heterocycles. The minimum absolute atomic E-state index is 0.369. The molecule has 1 fully saturated rings. The molecule has 21 heavy (non-hydrogen) atoms. The lowest BCUT2D eigenvalue weighted by molar-refractivity contribution is 0.423. The summed E-state index contributed by atoms with van der Waals surface area (Å²) in [5, 5.41) is 3.77. The van der Waals surface area contributed by atoms with E-state index in [1.165, 1.54) is 28.2 Å². The van der Waals surface area contributed by atoms with Crippen molar-refractivity contribution in [1.29, 1.82) is 0 Å². The van der Waals surface area contributed by atoms with Crippen molar-refractivity contribution in [2.24, 2.45) is 0 Å². The van der Waals surface area contributed by atoms with Crippen molar-refractivity contribution >= 4 is 11.3 Å². The Kier molecular flexibility index (Phi) is 4.46. The van der Waals surface area contributed by atoms with E-state index in [4.69, 9.17) is 0 Å². The highest BCUT2D eigenvalue weighted by atomic mass is 32.1. The third-order valence-corrected chi connectivity index (χ3v) is 5.98. The van der Waals surface area contributed by atoms with Crippen molar-refractivity contribution in [1.82, 2.24) is 5.32 Å². The molecule has 1 heterocycles. The number of hydrogen-bond donors (Lipinski definition) is 1. The maximum absolute atomic E-state index is 3.77. The molecule has 1 saturated carbocycles. The van der Waals surface area contributed by atoms with Crippen molar-refractivity contribution in [3.05, 3.63) is 57.8 Å². The number of thiophene rings is 1. The standard InChI is InChI=1S/C19H25NS/c1-3-16-10-11-17(21-16)14-18(20-4-2)19(12-13-19)15-8-6-5-7-9-15/h5-11,18,20H,3-4,12-14H2,1-2H3. The molecule has 1 N–H and O–H groups in total. The van der Waals surface area contributed by atoms with Gasteiger partial charge >= 0.3 is 0 Å². The first kappa shape index (κ1) is 14.8. The van der Waals surface area contributed by atoms with E-state index in [9.17, 15) is 0 Å². The second-order valence-corrected chi connectivity index (χ2v) is 7.31. The normalized spacial score (nSPS) is 17.6. The van der Waals surface area contributed by atoms with Crippen LogP contribution in [0.25, 0.3) is 0 Å². The van der Waals surface area contributed by atoms with Crippen LogP contribution in [0.5, 0.6) is 0 Å². The maximum atomic E-state index is 3.77. The second-order valence-electron chi connectivity index (χ2n) is 6.06. The summed E-state index contributed by atoms with van der Waals surface area (Å²) in [5.74, 6) is 0. The molecule has 1 aliphatic carbocycles. The lowest BCUT2D eigenvalue weighted by Gasteiger charge is -2.28. The fourth-order valence-corrected chi connectivity index (χ4v) is 4.38. The molecule has 0 spiro atoms. The predicted molar refractivity (Wildman–Crippen MR) is 92.2 cm³/mol. The zero-order valence-electron chi connectivity index (χ0n) is 13.1. The Morgan fingerprint density at radius 2 is 1.76 bits per heavy atom. The van der Waals surface area contributed by atoms with E-state index in [-0.39, 0.29) is 0 Å². The van der Waals surface area contributed by atoms with Crippen LogP contribution in [0.3, 0.4) is 0 Å². The van der Waals surface area contributed by atoms with E-state index in [1.807, 2.05) is 11.3 Å². The molecule has 0 saturated heterocycles. The Bertz CT molecular complexity index is 568. The Morgan fingerprint density at radius 1 is 1.05 bits per heavy atom. The summed E-state index contributed by atoms with van der Waals surface area (Å²) in [6.07, 6.45) is 4.95. The predicted octanol–water partition coefficient (Wildman–Crippen LogP) is 4.56. The highest BCUT2D eigenvalue weighted by molar-refractivity contribution is 7.11.